The minimum Gasteiger partial charge on any atom is -0.388 e. The van der Waals surface area contributed by atoms with Crippen molar-refractivity contribution >= 4 is 0 Å². The van der Waals surface area contributed by atoms with Crippen LogP contribution >= 0.6 is 0 Å². The van der Waals surface area contributed by atoms with Gasteiger partial charge in [-0.3, -0.25) is 0 Å². The van der Waals surface area contributed by atoms with Gasteiger partial charge in [-0.15, -0.1) is 0 Å². The van der Waals surface area contributed by atoms with Crippen LogP contribution in [-0.2, 0) is 0 Å². The summed E-state index contributed by atoms with van der Waals surface area (Å²) in [7, 11) is 0. The monoisotopic (exact) mass is 98.1 g/mol. The molecule has 0 aromatic heterocycles. The summed E-state index contributed by atoms with van der Waals surface area (Å²) in [4.78, 5) is 0. The molecular formula is C6H10O. The van der Waals surface area contributed by atoms with E-state index >= 15 is 0 Å². The van der Waals surface area contributed by atoms with Gasteiger partial charge in [0.2, 0.25) is 0 Å². The molecule has 1 heteroatoms. The molecule has 0 heterocycles. The molecule has 1 N–H and O–H groups in total. The Balaban J connectivity index is 2.65. The Morgan fingerprint density at radius 1 is 1.57 bits per heavy atom. The van der Waals surface area contributed by atoms with Crippen LogP contribution in [-0.4, -0.2) is 11.2 Å². The topological polar surface area (TPSA) is 20.2 Å². The molecule has 0 radical (unpaired) electrons. The molecule has 0 aliphatic heterocycles. The van der Waals surface area contributed by atoms with Gasteiger partial charge >= 0.3 is 0 Å². The first kappa shape index (κ1) is 4.85. The maximum Gasteiger partial charge on any atom is 0.0787 e. The third-order valence-electron chi connectivity index (χ3n) is 1.67. The van der Waals surface area contributed by atoms with Crippen LogP contribution < -0.4 is 0 Å². The van der Waals surface area contributed by atoms with Crippen LogP contribution in [0.25, 0.3) is 0 Å². The molecule has 0 spiro atoms. The Morgan fingerprint density at radius 2 is 2.14 bits per heavy atom. The van der Waals surface area contributed by atoms with Crippen LogP contribution in [0.2, 0.25) is 0 Å². The van der Waals surface area contributed by atoms with E-state index in [4.69, 9.17) is 5.11 Å². The largest absolute Gasteiger partial charge is 0.388 e. The second-order valence-corrected chi connectivity index (χ2v) is 2.18. The van der Waals surface area contributed by atoms with Crippen molar-refractivity contribution in [3.63, 3.8) is 0 Å². The summed E-state index contributed by atoms with van der Waals surface area (Å²) in [6, 6.07) is 0. The first-order valence-electron chi connectivity index (χ1n) is 2.56. The minimum absolute atomic E-state index is 0.111. The minimum atomic E-state index is -0.111. The van der Waals surface area contributed by atoms with Crippen molar-refractivity contribution in [3.05, 3.63) is 11.1 Å². The molecular weight excluding hydrogens is 88.1 g/mol. The molecule has 0 saturated heterocycles. The van der Waals surface area contributed by atoms with E-state index in [0.717, 1.165) is 6.42 Å². The third kappa shape index (κ3) is 0.570. The second kappa shape index (κ2) is 1.34. The summed E-state index contributed by atoms with van der Waals surface area (Å²) >= 11 is 0. The summed E-state index contributed by atoms with van der Waals surface area (Å²) < 4.78 is 0. The molecule has 0 bridgehead atoms. The smallest absolute Gasteiger partial charge is 0.0787 e. The van der Waals surface area contributed by atoms with Crippen LogP contribution in [0.4, 0.5) is 0 Å². The molecule has 1 aliphatic rings. The van der Waals surface area contributed by atoms with Gasteiger partial charge in [0.05, 0.1) is 6.10 Å². The number of aliphatic hydroxyl groups excluding tert-OH is 1. The van der Waals surface area contributed by atoms with Gasteiger partial charge in [-0.2, -0.15) is 0 Å². The van der Waals surface area contributed by atoms with Crippen molar-refractivity contribution < 1.29 is 5.11 Å². The average molecular weight is 98.1 g/mol. The van der Waals surface area contributed by atoms with Gasteiger partial charge in [0, 0.05) is 0 Å². The second-order valence-electron chi connectivity index (χ2n) is 2.18. The van der Waals surface area contributed by atoms with Gasteiger partial charge in [-0.1, -0.05) is 5.57 Å². The molecule has 1 unspecified atom stereocenters. The zero-order valence-corrected chi connectivity index (χ0v) is 4.73. The van der Waals surface area contributed by atoms with E-state index in [1.165, 1.54) is 11.1 Å². The lowest BCUT2D eigenvalue weighted by molar-refractivity contribution is 0.187. The van der Waals surface area contributed by atoms with Crippen LogP contribution in [0.3, 0.4) is 0 Å². The van der Waals surface area contributed by atoms with E-state index in [2.05, 4.69) is 6.92 Å². The molecule has 1 nitrogen and oxygen atoms in total. The molecule has 0 saturated carbocycles. The van der Waals surface area contributed by atoms with Crippen molar-refractivity contribution in [1.29, 1.82) is 0 Å². The molecule has 40 valence electrons. The third-order valence-corrected chi connectivity index (χ3v) is 1.67. The van der Waals surface area contributed by atoms with E-state index in [0.29, 0.717) is 0 Å². The highest BCUT2D eigenvalue weighted by Gasteiger charge is 2.18. The quantitative estimate of drug-likeness (QED) is 0.449. The lowest BCUT2D eigenvalue weighted by Crippen LogP contribution is -2.19. The molecule has 1 aliphatic carbocycles. The summed E-state index contributed by atoms with van der Waals surface area (Å²) in [6.07, 6.45) is 0.784. The molecule has 1 rings (SSSR count). The average Bonchev–Trinajstić information content (AvgIpc) is 1.68. The first-order valence-corrected chi connectivity index (χ1v) is 2.56. The van der Waals surface area contributed by atoms with E-state index in [9.17, 15) is 0 Å². The van der Waals surface area contributed by atoms with Crippen LogP contribution in [0.15, 0.2) is 11.1 Å². The van der Waals surface area contributed by atoms with Crippen molar-refractivity contribution in [2.75, 3.05) is 0 Å². The highest BCUT2D eigenvalue weighted by Crippen LogP contribution is 2.26. The Labute approximate surface area is 43.7 Å². The standard InChI is InChI=1S/C6H10O/c1-4-3-6(7)5(4)2/h6-7H,3H2,1-2H3. The molecule has 7 heavy (non-hydrogen) atoms. The van der Waals surface area contributed by atoms with Gasteiger partial charge in [0.15, 0.2) is 0 Å². The maximum atomic E-state index is 8.83. The first-order chi connectivity index (χ1) is 3.22. The predicted molar refractivity (Wildman–Crippen MR) is 29.0 cm³/mol. The SMILES string of the molecule is CC1=C(C)C(O)C1. The summed E-state index contributed by atoms with van der Waals surface area (Å²) in [5.41, 5.74) is 2.52. The Kier molecular flexibility index (Phi) is 0.927. The van der Waals surface area contributed by atoms with Crippen LogP contribution in [0, 0.1) is 0 Å². The van der Waals surface area contributed by atoms with Gasteiger partial charge in [-0.05, 0) is 25.8 Å². The fraction of sp³-hybridized carbons (Fsp3) is 0.667. The number of hydrogen-bond acceptors (Lipinski definition) is 1. The highest BCUT2D eigenvalue weighted by molar-refractivity contribution is 5.25. The van der Waals surface area contributed by atoms with Crippen molar-refractivity contribution in [3.8, 4) is 0 Å². The molecule has 0 aromatic carbocycles. The summed E-state index contributed by atoms with van der Waals surface area (Å²) in [5, 5.41) is 8.83. The van der Waals surface area contributed by atoms with Crippen molar-refractivity contribution in [1.82, 2.24) is 0 Å². The van der Waals surface area contributed by atoms with Crippen LogP contribution in [0.5, 0.6) is 0 Å². The van der Waals surface area contributed by atoms with E-state index in [1.54, 1.807) is 0 Å². The zero-order chi connectivity index (χ0) is 5.44. The lowest BCUT2D eigenvalue weighted by Gasteiger charge is -2.23. The Morgan fingerprint density at radius 3 is 2.14 bits per heavy atom. The van der Waals surface area contributed by atoms with Gasteiger partial charge in [0.25, 0.3) is 0 Å². The lowest BCUT2D eigenvalue weighted by atomic mass is 9.88. The predicted octanol–water partition coefficient (Wildman–Crippen LogP) is 1.09. The van der Waals surface area contributed by atoms with E-state index < -0.39 is 0 Å². The van der Waals surface area contributed by atoms with E-state index in [1.807, 2.05) is 6.92 Å². The summed E-state index contributed by atoms with van der Waals surface area (Å²) in [6.45, 7) is 4.03. The molecule has 0 aromatic rings. The van der Waals surface area contributed by atoms with Gasteiger partial charge in [-0.25, -0.2) is 0 Å². The molecule has 1 atom stereocenters. The van der Waals surface area contributed by atoms with Crippen LogP contribution in [0.1, 0.15) is 20.3 Å². The van der Waals surface area contributed by atoms with Gasteiger partial charge in [0.1, 0.15) is 0 Å². The fourth-order valence-electron chi connectivity index (χ4n) is 0.757. The Hall–Kier alpha value is -0.300. The molecule has 0 amide bonds. The fourth-order valence-corrected chi connectivity index (χ4v) is 0.757. The van der Waals surface area contributed by atoms with Gasteiger partial charge < -0.3 is 5.11 Å². The number of aliphatic hydroxyl groups is 1. The number of rotatable bonds is 0. The highest BCUT2D eigenvalue weighted by atomic mass is 16.3. The maximum absolute atomic E-state index is 8.83. The zero-order valence-electron chi connectivity index (χ0n) is 4.73. The normalized spacial score (nSPS) is 30.4. The van der Waals surface area contributed by atoms with E-state index in [-0.39, 0.29) is 6.10 Å². The molecule has 0 fully saturated rings. The number of hydrogen-bond donors (Lipinski definition) is 1. The van der Waals surface area contributed by atoms with Crippen molar-refractivity contribution in [2.45, 2.75) is 26.4 Å². The summed E-state index contributed by atoms with van der Waals surface area (Å²) in [5.74, 6) is 0. The Bertz CT molecular complexity index is 113. The van der Waals surface area contributed by atoms with Crippen molar-refractivity contribution in [2.24, 2.45) is 0 Å².